The second kappa shape index (κ2) is 5.66. The van der Waals surface area contributed by atoms with Crippen LogP contribution >= 0.6 is 0 Å². The Hall–Kier alpha value is -1.47. The van der Waals surface area contributed by atoms with E-state index in [-0.39, 0.29) is 6.42 Å². The van der Waals surface area contributed by atoms with E-state index in [1.807, 2.05) is 0 Å². The van der Waals surface area contributed by atoms with Crippen LogP contribution in [0.15, 0.2) is 30.3 Å². The molecule has 5 atom stereocenters. The molecule has 1 aliphatic heterocycles. The number of aliphatic hydroxyl groups excluding tert-OH is 4. The number of esters is 1. The van der Waals surface area contributed by atoms with E-state index in [1.54, 1.807) is 30.3 Å². The first-order valence-corrected chi connectivity index (χ1v) is 5.97. The number of hydrogen-bond acceptors (Lipinski definition) is 6. The highest BCUT2D eigenvalue weighted by Crippen LogP contribution is 2.25. The number of hydrogen-bond donors (Lipinski definition) is 4. The first-order chi connectivity index (χ1) is 9.00. The summed E-state index contributed by atoms with van der Waals surface area (Å²) < 4.78 is 4.73. The Labute approximate surface area is 109 Å². The van der Waals surface area contributed by atoms with Gasteiger partial charge in [0.25, 0.3) is 0 Å². The van der Waals surface area contributed by atoms with Crippen LogP contribution in [0.5, 0.6) is 0 Å². The molecule has 104 valence electrons. The number of rotatable bonds is 4. The number of carbonyl (C=O) groups is 1. The van der Waals surface area contributed by atoms with Gasteiger partial charge in [0.15, 0.2) is 6.10 Å². The second-order valence-corrected chi connectivity index (χ2v) is 4.56. The molecule has 1 aliphatic rings. The van der Waals surface area contributed by atoms with E-state index in [0.717, 1.165) is 0 Å². The molecule has 0 aromatic heterocycles. The van der Waals surface area contributed by atoms with E-state index in [9.17, 15) is 25.2 Å². The van der Waals surface area contributed by atoms with Gasteiger partial charge in [-0.2, -0.15) is 0 Å². The van der Waals surface area contributed by atoms with Gasteiger partial charge in [-0.05, 0) is 5.56 Å². The molecular weight excluding hydrogens is 252 g/mol. The highest BCUT2D eigenvalue weighted by Gasteiger charge is 2.43. The fraction of sp³-hybridized carbons (Fsp3) is 0.462. The van der Waals surface area contributed by atoms with Crippen molar-refractivity contribution in [2.45, 2.75) is 36.9 Å². The molecule has 0 spiro atoms. The summed E-state index contributed by atoms with van der Waals surface area (Å²) >= 11 is 0. The summed E-state index contributed by atoms with van der Waals surface area (Å²) in [5, 5.41) is 39.3. The molecule has 0 amide bonds. The molecule has 0 saturated carbocycles. The van der Waals surface area contributed by atoms with Gasteiger partial charge in [-0.25, -0.2) is 0 Å². The Balaban J connectivity index is 2.07. The normalized spacial score (nSPS) is 27.7. The second-order valence-electron chi connectivity index (χ2n) is 4.56. The summed E-state index contributed by atoms with van der Waals surface area (Å²) in [5.74, 6) is -0.641. The number of ether oxygens (including phenoxy) is 1. The molecular formula is C13H16O6. The van der Waals surface area contributed by atoms with Crippen LogP contribution in [0.4, 0.5) is 0 Å². The van der Waals surface area contributed by atoms with Crippen molar-refractivity contribution in [3.63, 3.8) is 0 Å². The summed E-state index contributed by atoms with van der Waals surface area (Å²) in [7, 11) is 0. The van der Waals surface area contributed by atoms with Crippen LogP contribution in [0, 0.1) is 0 Å². The van der Waals surface area contributed by atoms with Crippen molar-refractivity contribution in [3.05, 3.63) is 35.9 Å². The molecule has 0 bridgehead atoms. The van der Waals surface area contributed by atoms with Gasteiger partial charge in [0.05, 0.1) is 6.42 Å². The number of aliphatic hydroxyl groups is 4. The molecule has 1 aromatic rings. The monoisotopic (exact) mass is 268 g/mol. The summed E-state index contributed by atoms with van der Waals surface area (Å²) in [6, 6.07) is 8.31. The van der Waals surface area contributed by atoms with Crippen molar-refractivity contribution in [1.82, 2.24) is 0 Å². The quantitative estimate of drug-likeness (QED) is 0.528. The Bertz CT molecular complexity index is 434. The SMILES string of the molecule is O=C1C[C@@H](O)[C@H]([C@@H](O)[C@@H](O)[C@H](O)c2ccccc2)O1. The highest BCUT2D eigenvalue weighted by molar-refractivity contribution is 5.72. The van der Waals surface area contributed by atoms with Crippen molar-refractivity contribution < 1.29 is 30.0 Å². The third-order valence-corrected chi connectivity index (χ3v) is 3.17. The van der Waals surface area contributed by atoms with Crippen LogP contribution in [-0.2, 0) is 9.53 Å². The molecule has 6 heteroatoms. The first-order valence-electron chi connectivity index (χ1n) is 5.97. The van der Waals surface area contributed by atoms with Gasteiger partial charge in [0.1, 0.15) is 24.4 Å². The van der Waals surface area contributed by atoms with E-state index in [4.69, 9.17) is 4.74 Å². The zero-order chi connectivity index (χ0) is 14.0. The molecule has 6 nitrogen and oxygen atoms in total. The third kappa shape index (κ3) is 2.93. The lowest BCUT2D eigenvalue weighted by Crippen LogP contribution is -2.45. The van der Waals surface area contributed by atoms with Gasteiger partial charge in [-0.3, -0.25) is 4.79 Å². The van der Waals surface area contributed by atoms with Crippen LogP contribution in [-0.4, -0.2) is 50.8 Å². The van der Waals surface area contributed by atoms with Gasteiger partial charge in [-0.15, -0.1) is 0 Å². The molecule has 1 aromatic carbocycles. The summed E-state index contributed by atoms with van der Waals surface area (Å²) in [4.78, 5) is 11.0. The molecule has 0 radical (unpaired) electrons. The third-order valence-electron chi connectivity index (χ3n) is 3.17. The standard InChI is InChI=1S/C13H16O6/c14-8-6-9(15)19-13(8)12(18)11(17)10(16)7-4-2-1-3-5-7/h1-5,8,10-14,16-18H,6H2/t8-,10-,11+,12+,13-/m1/s1. The summed E-state index contributed by atoms with van der Waals surface area (Å²) in [5.41, 5.74) is 0.424. The summed E-state index contributed by atoms with van der Waals surface area (Å²) in [6.07, 6.45) is -7.08. The van der Waals surface area contributed by atoms with E-state index < -0.39 is 36.5 Å². The topological polar surface area (TPSA) is 107 Å². The van der Waals surface area contributed by atoms with E-state index in [1.165, 1.54) is 0 Å². The largest absolute Gasteiger partial charge is 0.457 e. The molecule has 1 fully saturated rings. The number of carbonyl (C=O) groups excluding carboxylic acids is 1. The maximum Gasteiger partial charge on any atom is 0.309 e. The van der Waals surface area contributed by atoms with E-state index in [2.05, 4.69) is 0 Å². The minimum Gasteiger partial charge on any atom is -0.457 e. The fourth-order valence-corrected chi connectivity index (χ4v) is 2.09. The van der Waals surface area contributed by atoms with Crippen molar-refractivity contribution in [2.75, 3.05) is 0 Å². The van der Waals surface area contributed by atoms with E-state index in [0.29, 0.717) is 5.56 Å². The Morgan fingerprint density at radius 3 is 2.32 bits per heavy atom. The maximum atomic E-state index is 11.0. The van der Waals surface area contributed by atoms with Gasteiger partial charge >= 0.3 is 5.97 Å². The molecule has 1 saturated heterocycles. The zero-order valence-electron chi connectivity index (χ0n) is 10.1. The van der Waals surface area contributed by atoms with Crippen LogP contribution in [0.3, 0.4) is 0 Å². The zero-order valence-corrected chi connectivity index (χ0v) is 10.1. The molecule has 4 N–H and O–H groups in total. The van der Waals surface area contributed by atoms with Gasteiger partial charge in [0, 0.05) is 0 Å². The van der Waals surface area contributed by atoms with Crippen molar-refractivity contribution in [2.24, 2.45) is 0 Å². The van der Waals surface area contributed by atoms with Crippen LogP contribution in [0.25, 0.3) is 0 Å². The molecule has 0 aliphatic carbocycles. The predicted molar refractivity (Wildman–Crippen MR) is 63.9 cm³/mol. The van der Waals surface area contributed by atoms with Gasteiger partial charge < -0.3 is 25.2 Å². The minimum absolute atomic E-state index is 0.226. The Kier molecular flexibility index (Phi) is 4.16. The fourth-order valence-electron chi connectivity index (χ4n) is 2.09. The van der Waals surface area contributed by atoms with Crippen molar-refractivity contribution in [1.29, 1.82) is 0 Å². The average molecular weight is 268 g/mol. The van der Waals surface area contributed by atoms with Crippen LogP contribution in [0.1, 0.15) is 18.1 Å². The Morgan fingerprint density at radius 1 is 1.16 bits per heavy atom. The number of benzene rings is 1. The predicted octanol–water partition coefficient (Wildman–Crippen LogP) is -0.882. The average Bonchev–Trinajstić information content (AvgIpc) is 2.76. The van der Waals surface area contributed by atoms with Gasteiger partial charge in [0.2, 0.25) is 0 Å². The molecule has 1 heterocycles. The highest BCUT2D eigenvalue weighted by atomic mass is 16.6. The number of cyclic esters (lactones) is 1. The maximum absolute atomic E-state index is 11.0. The Morgan fingerprint density at radius 2 is 1.79 bits per heavy atom. The summed E-state index contributed by atoms with van der Waals surface area (Å²) in [6.45, 7) is 0. The van der Waals surface area contributed by atoms with Crippen LogP contribution in [0.2, 0.25) is 0 Å². The van der Waals surface area contributed by atoms with Crippen LogP contribution < -0.4 is 0 Å². The van der Waals surface area contributed by atoms with Crippen molar-refractivity contribution in [3.8, 4) is 0 Å². The molecule has 19 heavy (non-hydrogen) atoms. The first kappa shape index (κ1) is 14.0. The smallest absolute Gasteiger partial charge is 0.309 e. The molecule has 2 rings (SSSR count). The lowest BCUT2D eigenvalue weighted by Gasteiger charge is -2.27. The minimum atomic E-state index is -1.56. The lowest BCUT2D eigenvalue weighted by atomic mass is 9.95. The molecule has 0 unspecified atom stereocenters. The van der Waals surface area contributed by atoms with E-state index >= 15 is 0 Å². The lowest BCUT2D eigenvalue weighted by molar-refractivity contribution is -0.157. The van der Waals surface area contributed by atoms with Gasteiger partial charge in [-0.1, -0.05) is 30.3 Å². The van der Waals surface area contributed by atoms with Crippen molar-refractivity contribution >= 4 is 5.97 Å².